The van der Waals surface area contributed by atoms with E-state index < -0.39 is 0 Å². The van der Waals surface area contributed by atoms with Crippen LogP contribution in [0.1, 0.15) is 68.7 Å². The van der Waals surface area contributed by atoms with Gasteiger partial charge in [0.05, 0.1) is 5.92 Å². The molecule has 0 fully saturated rings. The molecule has 1 nitrogen and oxygen atoms in total. The molecule has 178 valence electrons. The van der Waals surface area contributed by atoms with Crippen LogP contribution in [0.2, 0.25) is 0 Å². The number of allylic oxidation sites excluding steroid dienone is 6. The second-order valence-corrected chi connectivity index (χ2v) is 8.89. The number of benzene rings is 2. The molecule has 0 saturated carbocycles. The Morgan fingerprint density at radius 1 is 0.971 bits per heavy atom. The van der Waals surface area contributed by atoms with E-state index in [0.717, 1.165) is 24.8 Å². The van der Waals surface area contributed by atoms with E-state index >= 15 is 0 Å². The zero-order valence-electron chi connectivity index (χ0n) is 21.6. The quantitative estimate of drug-likeness (QED) is 0.162. The van der Waals surface area contributed by atoms with Crippen molar-refractivity contribution in [3.8, 4) is 23.6 Å². The van der Waals surface area contributed by atoms with Crippen molar-refractivity contribution in [3.05, 3.63) is 120 Å². The Bertz CT molecular complexity index is 1220. The van der Waals surface area contributed by atoms with Crippen LogP contribution in [0.4, 0.5) is 0 Å². The van der Waals surface area contributed by atoms with Gasteiger partial charge in [-0.25, -0.2) is 0 Å². The molecule has 2 unspecified atom stereocenters. The molecule has 0 radical (unpaired) electrons. The first-order valence-corrected chi connectivity index (χ1v) is 12.8. The first kappa shape index (κ1) is 26.0. The first-order chi connectivity index (χ1) is 17.1. The summed E-state index contributed by atoms with van der Waals surface area (Å²) in [5.74, 6) is 2.87. The van der Waals surface area contributed by atoms with Gasteiger partial charge in [0.1, 0.15) is 0 Å². The summed E-state index contributed by atoms with van der Waals surface area (Å²) < 4.78 is 2.41. The summed E-state index contributed by atoms with van der Waals surface area (Å²) in [6.07, 6.45) is 22.1. The van der Waals surface area contributed by atoms with Crippen molar-refractivity contribution in [2.75, 3.05) is 0 Å². The highest BCUT2D eigenvalue weighted by Gasteiger charge is 2.22. The van der Waals surface area contributed by atoms with E-state index in [0.29, 0.717) is 0 Å². The second-order valence-electron chi connectivity index (χ2n) is 8.89. The fraction of sp³-hybridized carbons (Fsp3) is 0.265. The lowest BCUT2D eigenvalue weighted by Gasteiger charge is -2.14. The molecule has 0 amide bonds. The molecule has 3 rings (SSSR count). The molecule has 0 spiro atoms. The molecule has 0 saturated heterocycles. The minimum Gasteiger partial charge on any atom is -0.192 e. The van der Waals surface area contributed by atoms with Gasteiger partial charge in [0, 0.05) is 24.1 Å². The molecule has 0 N–H and O–H groups in total. The predicted molar refractivity (Wildman–Crippen MR) is 151 cm³/mol. The molecular formula is C34H38N+. The normalized spacial score (nSPS) is 13.7. The van der Waals surface area contributed by atoms with Gasteiger partial charge in [-0.2, -0.15) is 4.57 Å². The van der Waals surface area contributed by atoms with E-state index in [1.165, 1.54) is 28.0 Å². The molecule has 1 aromatic heterocycles. The number of terminal acetylenes is 1. The van der Waals surface area contributed by atoms with Crippen LogP contribution in [0, 0.1) is 19.3 Å². The Hall–Kier alpha value is -3.63. The van der Waals surface area contributed by atoms with Crippen molar-refractivity contribution in [3.63, 3.8) is 0 Å². The lowest BCUT2D eigenvalue weighted by atomic mass is 9.97. The van der Waals surface area contributed by atoms with Gasteiger partial charge in [0.2, 0.25) is 5.69 Å². The minimum absolute atomic E-state index is 0.0202. The van der Waals surface area contributed by atoms with Crippen LogP contribution in [0.3, 0.4) is 0 Å². The van der Waals surface area contributed by atoms with Gasteiger partial charge in [-0.15, -0.1) is 6.42 Å². The first-order valence-electron chi connectivity index (χ1n) is 12.8. The molecule has 1 heterocycles. The summed E-state index contributed by atoms with van der Waals surface area (Å²) in [7, 11) is 0. The van der Waals surface area contributed by atoms with Crippen molar-refractivity contribution in [1.29, 1.82) is 0 Å². The monoisotopic (exact) mass is 460 g/mol. The number of hydrogen-bond acceptors (Lipinski definition) is 0. The van der Waals surface area contributed by atoms with Crippen molar-refractivity contribution >= 4 is 5.57 Å². The van der Waals surface area contributed by atoms with E-state index in [1.807, 2.05) is 18.2 Å². The van der Waals surface area contributed by atoms with Gasteiger partial charge >= 0.3 is 0 Å². The number of aromatic nitrogens is 1. The van der Waals surface area contributed by atoms with Gasteiger partial charge in [-0.05, 0) is 54.7 Å². The van der Waals surface area contributed by atoms with Crippen molar-refractivity contribution in [1.82, 2.24) is 0 Å². The highest BCUT2D eigenvalue weighted by Crippen LogP contribution is 2.27. The Morgan fingerprint density at radius 2 is 1.69 bits per heavy atom. The lowest BCUT2D eigenvalue weighted by molar-refractivity contribution is -0.702. The third kappa shape index (κ3) is 6.71. The van der Waals surface area contributed by atoms with Crippen molar-refractivity contribution in [2.24, 2.45) is 0 Å². The van der Waals surface area contributed by atoms with E-state index in [2.05, 4.69) is 123 Å². The average molecular weight is 461 g/mol. The smallest absolute Gasteiger partial charge is 0.192 e. The number of rotatable bonds is 10. The van der Waals surface area contributed by atoms with Crippen LogP contribution in [0.5, 0.6) is 0 Å². The number of aryl methyl sites for hydroxylation is 1. The fourth-order valence-corrected chi connectivity index (χ4v) is 4.52. The average Bonchev–Trinajstić information content (AvgIpc) is 2.90. The molecular weight excluding hydrogens is 422 g/mol. The molecule has 0 aliphatic rings. The van der Waals surface area contributed by atoms with Crippen LogP contribution in [-0.2, 0) is 0 Å². The van der Waals surface area contributed by atoms with Crippen molar-refractivity contribution < 1.29 is 4.57 Å². The predicted octanol–water partition coefficient (Wildman–Crippen LogP) is 8.63. The summed E-state index contributed by atoms with van der Waals surface area (Å²) in [4.78, 5) is 0. The Labute approximate surface area is 212 Å². The summed E-state index contributed by atoms with van der Waals surface area (Å²) in [6, 6.07) is 23.8. The Morgan fingerprint density at radius 3 is 2.34 bits per heavy atom. The van der Waals surface area contributed by atoms with Gasteiger partial charge in [-0.3, -0.25) is 0 Å². The highest BCUT2D eigenvalue weighted by atomic mass is 15.0. The fourth-order valence-electron chi connectivity index (χ4n) is 4.52. The van der Waals surface area contributed by atoms with E-state index in [-0.39, 0.29) is 12.0 Å². The van der Waals surface area contributed by atoms with E-state index in [9.17, 15) is 0 Å². The SMILES string of the molecule is C#CC(/C=C\C=C/C(CC)[n+]1ccc(/C(=C/C)CCC)cc1-c1ccccc1C)c1ccccc1. The molecule has 2 aromatic carbocycles. The maximum absolute atomic E-state index is 5.80. The number of hydrogen-bond donors (Lipinski definition) is 0. The van der Waals surface area contributed by atoms with Crippen LogP contribution < -0.4 is 4.57 Å². The highest BCUT2D eigenvalue weighted by molar-refractivity contribution is 5.70. The van der Waals surface area contributed by atoms with E-state index in [4.69, 9.17) is 6.42 Å². The Balaban J connectivity index is 1.96. The molecule has 0 aliphatic heterocycles. The third-order valence-corrected chi connectivity index (χ3v) is 6.51. The number of pyridine rings is 1. The molecule has 3 aromatic rings. The van der Waals surface area contributed by atoms with Gasteiger partial charge in [-0.1, -0.05) is 99.0 Å². The van der Waals surface area contributed by atoms with Crippen molar-refractivity contribution in [2.45, 2.75) is 58.9 Å². The maximum atomic E-state index is 5.80. The number of nitrogens with zero attached hydrogens (tertiary/aromatic N) is 1. The van der Waals surface area contributed by atoms with Crippen LogP contribution >= 0.6 is 0 Å². The molecule has 0 bridgehead atoms. The van der Waals surface area contributed by atoms with Crippen LogP contribution in [-0.4, -0.2) is 0 Å². The molecule has 1 heteroatoms. The summed E-state index contributed by atoms with van der Waals surface area (Å²) in [5.41, 5.74) is 7.67. The standard InChI is InChI=1S/C34H38N/c1-6-17-28(7-2)31-24-25-35(34(26-31)33-23-16-13-18-27(33)5)32(9-4)22-15-14-19-29(8-3)30-20-11-10-12-21-30/h3,7,10-16,18-26,29,32H,6,9,17H2,1-2,4-5H3/q+1/b19-14-,22-15-,28-7+. The maximum Gasteiger partial charge on any atom is 0.213 e. The Kier molecular flexibility index (Phi) is 9.88. The van der Waals surface area contributed by atoms with Gasteiger partial charge < -0.3 is 0 Å². The van der Waals surface area contributed by atoms with Crippen LogP contribution in [0.25, 0.3) is 16.8 Å². The largest absolute Gasteiger partial charge is 0.213 e. The third-order valence-electron chi connectivity index (χ3n) is 6.51. The lowest BCUT2D eigenvalue weighted by Crippen LogP contribution is -2.40. The topological polar surface area (TPSA) is 3.88 Å². The second kappa shape index (κ2) is 13.3. The molecule has 2 atom stereocenters. The molecule has 35 heavy (non-hydrogen) atoms. The minimum atomic E-state index is -0.0202. The van der Waals surface area contributed by atoms with E-state index in [1.54, 1.807) is 0 Å². The van der Waals surface area contributed by atoms with Crippen LogP contribution in [0.15, 0.2) is 103 Å². The molecule has 0 aliphatic carbocycles. The van der Waals surface area contributed by atoms with Gasteiger partial charge in [0.15, 0.2) is 12.2 Å². The zero-order chi connectivity index (χ0) is 25.0. The zero-order valence-corrected chi connectivity index (χ0v) is 21.6. The van der Waals surface area contributed by atoms with Gasteiger partial charge in [0.25, 0.3) is 0 Å². The summed E-state index contributed by atoms with van der Waals surface area (Å²) in [5, 5.41) is 0. The summed E-state index contributed by atoms with van der Waals surface area (Å²) in [6.45, 7) is 8.81. The summed E-state index contributed by atoms with van der Waals surface area (Å²) >= 11 is 0.